The van der Waals surface area contributed by atoms with Gasteiger partial charge in [-0.1, -0.05) is 90.6 Å². The van der Waals surface area contributed by atoms with Crippen molar-refractivity contribution < 1.29 is 4.79 Å². The quantitative estimate of drug-likeness (QED) is 0.286. The van der Waals surface area contributed by atoms with Crippen LogP contribution in [0.3, 0.4) is 0 Å². The van der Waals surface area contributed by atoms with Crippen LogP contribution in [0.5, 0.6) is 0 Å². The van der Waals surface area contributed by atoms with Gasteiger partial charge >= 0.3 is 0 Å². The predicted molar refractivity (Wildman–Crippen MR) is 128 cm³/mol. The smallest absolute Gasteiger partial charge is 0.243 e. The topological polar surface area (TPSA) is 29.1 Å². The van der Waals surface area contributed by atoms with Crippen molar-refractivity contribution in [3.05, 3.63) is 12.7 Å². The van der Waals surface area contributed by atoms with Crippen molar-refractivity contribution in [3.8, 4) is 0 Å². The summed E-state index contributed by atoms with van der Waals surface area (Å²) in [5, 5.41) is 3.11. The SMILES string of the molecule is C=CC(=O)NC1CCC(C2CCC(CCC3CCC(CCCCC)CC3)CC2)CC1. The van der Waals surface area contributed by atoms with Crippen molar-refractivity contribution in [2.75, 3.05) is 0 Å². The second-order valence-electron chi connectivity index (χ2n) is 11.1. The van der Waals surface area contributed by atoms with E-state index in [9.17, 15) is 4.79 Å². The van der Waals surface area contributed by atoms with Crippen LogP contribution in [-0.2, 0) is 4.79 Å². The van der Waals surface area contributed by atoms with E-state index >= 15 is 0 Å². The largest absolute Gasteiger partial charge is 0.350 e. The third-order valence-corrected chi connectivity index (χ3v) is 9.03. The van der Waals surface area contributed by atoms with Crippen LogP contribution in [0.15, 0.2) is 12.7 Å². The summed E-state index contributed by atoms with van der Waals surface area (Å²) in [5.74, 6) is 5.02. The first-order valence-electron chi connectivity index (χ1n) is 13.6. The summed E-state index contributed by atoms with van der Waals surface area (Å²) < 4.78 is 0. The zero-order valence-electron chi connectivity index (χ0n) is 19.9. The molecule has 0 aliphatic heterocycles. The molecule has 0 spiro atoms. The fourth-order valence-electron chi connectivity index (χ4n) is 6.91. The Morgan fingerprint density at radius 3 is 1.70 bits per heavy atom. The zero-order valence-corrected chi connectivity index (χ0v) is 19.9. The van der Waals surface area contributed by atoms with E-state index in [-0.39, 0.29) is 5.91 Å². The highest BCUT2D eigenvalue weighted by Crippen LogP contribution is 2.42. The molecular weight excluding hydrogens is 366 g/mol. The van der Waals surface area contributed by atoms with E-state index in [0.717, 1.165) is 29.6 Å². The van der Waals surface area contributed by atoms with Crippen LogP contribution in [0.2, 0.25) is 0 Å². The lowest BCUT2D eigenvalue weighted by atomic mass is 9.69. The van der Waals surface area contributed by atoms with Crippen LogP contribution in [0, 0.1) is 29.6 Å². The Hall–Kier alpha value is -0.790. The van der Waals surface area contributed by atoms with Gasteiger partial charge in [0.25, 0.3) is 0 Å². The van der Waals surface area contributed by atoms with Gasteiger partial charge in [-0.25, -0.2) is 0 Å². The van der Waals surface area contributed by atoms with E-state index < -0.39 is 0 Å². The fraction of sp³-hybridized carbons (Fsp3) is 0.893. The van der Waals surface area contributed by atoms with E-state index in [1.807, 2.05) is 0 Å². The van der Waals surface area contributed by atoms with Crippen molar-refractivity contribution >= 4 is 5.91 Å². The summed E-state index contributed by atoms with van der Waals surface area (Å²) in [6, 6.07) is 0.393. The maximum atomic E-state index is 11.5. The van der Waals surface area contributed by atoms with Gasteiger partial charge in [0, 0.05) is 6.04 Å². The Bertz CT molecular complexity index is 491. The molecule has 0 bridgehead atoms. The zero-order chi connectivity index (χ0) is 21.2. The van der Waals surface area contributed by atoms with Crippen molar-refractivity contribution in [3.63, 3.8) is 0 Å². The normalized spacial score (nSPS) is 35.0. The number of hydrogen-bond donors (Lipinski definition) is 1. The summed E-state index contributed by atoms with van der Waals surface area (Å²) in [6.07, 6.45) is 27.2. The summed E-state index contributed by atoms with van der Waals surface area (Å²) in [6.45, 7) is 5.89. The Morgan fingerprint density at radius 2 is 1.20 bits per heavy atom. The minimum Gasteiger partial charge on any atom is -0.350 e. The van der Waals surface area contributed by atoms with Crippen LogP contribution >= 0.6 is 0 Å². The van der Waals surface area contributed by atoms with Gasteiger partial charge in [0.1, 0.15) is 0 Å². The first kappa shape index (κ1) is 23.9. The molecule has 3 aliphatic rings. The van der Waals surface area contributed by atoms with Gasteiger partial charge in [0.2, 0.25) is 5.91 Å². The van der Waals surface area contributed by atoms with Gasteiger partial charge in [-0.15, -0.1) is 0 Å². The van der Waals surface area contributed by atoms with Crippen molar-refractivity contribution in [1.29, 1.82) is 0 Å². The minimum absolute atomic E-state index is 0.00365. The molecule has 0 unspecified atom stereocenters. The molecule has 2 heteroatoms. The molecule has 0 heterocycles. The van der Waals surface area contributed by atoms with E-state index in [2.05, 4.69) is 18.8 Å². The van der Waals surface area contributed by atoms with E-state index in [1.54, 1.807) is 0 Å². The number of hydrogen-bond acceptors (Lipinski definition) is 1. The molecule has 30 heavy (non-hydrogen) atoms. The highest BCUT2D eigenvalue weighted by atomic mass is 16.1. The Labute approximate surface area is 187 Å². The molecule has 3 fully saturated rings. The van der Waals surface area contributed by atoms with Crippen LogP contribution in [-0.4, -0.2) is 11.9 Å². The summed E-state index contributed by atoms with van der Waals surface area (Å²) in [4.78, 5) is 11.5. The van der Waals surface area contributed by atoms with Crippen LogP contribution < -0.4 is 5.32 Å². The van der Waals surface area contributed by atoms with Crippen molar-refractivity contribution in [2.45, 2.75) is 129 Å². The number of carbonyl (C=O) groups excluding carboxylic acids is 1. The molecule has 3 saturated carbocycles. The highest BCUT2D eigenvalue weighted by molar-refractivity contribution is 5.87. The molecule has 3 rings (SSSR count). The van der Waals surface area contributed by atoms with Gasteiger partial charge in [-0.3, -0.25) is 4.79 Å². The molecule has 0 aromatic heterocycles. The molecule has 0 atom stereocenters. The molecule has 0 radical (unpaired) electrons. The summed E-state index contributed by atoms with van der Waals surface area (Å²) >= 11 is 0. The first-order valence-corrected chi connectivity index (χ1v) is 13.6. The average Bonchev–Trinajstić information content (AvgIpc) is 2.79. The third kappa shape index (κ3) is 7.72. The molecule has 0 aromatic carbocycles. The van der Waals surface area contributed by atoms with Crippen LogP contribution in [0.1, 0.15) is 122 Å². The molecule has 3 aliphatic carbocycles. The maximum absolute atomic E-state index is 11.5. The van der Waals surface area contributed by atoms with E-state index in [1.165, 1.54) is 122 Å². The monoisotopic (exact) mass is 415 g/mol. The second kappa shape index (κ2) is 12.9. The van der Waals surface area contributed by atoms with Gasteiger partial charge < -0.3 is 5.32 Å². The van der Waals surface area contributed by atoms with Crippen LogP contribution in [0.25, 0.3) is 0 Å². The van der Waals surface area contributed by atoms with Crippen molar-refractivity contribution in [2.24, 2.45) is 29.6 Å². The number of carbonyl (C=O) groups is 1. The van der Waals surface area contributed by atoms with Crippen molar-refractivity contribution in [1.82, 2.24) is 5.32 Å². The van der Waals surface area contributed by atoms with E-state index in [4.69, 9.17) is 0 Å². The lowest BCUT2D eigenvalue weighted by molar-refractivity contribution is -0.117. The van der Waals surface area contributed by atoms with Gasteiger partial charge in [0.05, 0.1) is 0 Å². The molecular formula is C28H49NO. The number of rotatable bonds is 10. The van der Waals surface area contributed by atoms with Gasteiger partial charge in [-0.05, 0) is 74.2 Å². The molecule has 1 N–H and O–H groups in total. The standard InChI is InChI=1S/C28H49NO/c1-3-5-6-7-22-8-10-23(11-9-22)12-13-24-14-16-25(17-15-24)26-18-20-27(21-19-26)29-28(30)4-2/h4,22-27H,2-3,5-21H2,1H3,(H,29,30). The van der Waals surface area contributed by atoms with Gasteiger partial charge in [-0.2, -0.15) is 0 Å². The second-order valence-corrected chi connectivity index (χ2v) is 11.1. The molecule has 172 valence electrons. The molecule has 2 nitrogen and oxygen atoms in total. The molecule has 0 saturated heterocycles. The highest BCUT2D eigenvalue weighted by Gasteiger charge is 2.31. The molecule has 0 aromatic rings. The predicted octanol–water partition coefficient (Wildman–Crippen LogP) is 7.82. The Morgan fingerprint density at radius 1 is 0.733 bits per heavy atom. The number of amides is 1. The molecule has 1 amide bonds. The minimum atomic E-state index is 0.00365. The number of unbranched alkanes of at least 4 members (excludes halogenated alkanes) is 2. The Balaban J connectivity index is 1.25. The van der Waals surface area contributed by atoms with E-state index in [0.29, 0.717) is 6.04 Å². The van der Waals surface area contributed by atoms with Gasteiger partial charge in [0.15, 0.2) is 0 Å². The Kier molecular flexibility index (Phi) is 10.3. The summed E-state index contributed by atoms with van der Waals surface area (Å²) in [5.41, 5.74) is 0. The third-order valence-electron chi connectivity index (χ3n) is 9.03. The average molecular weight is 416 g/mol. The number of nitrogens with one attached hydrogen (secondary N) is 1. The lowest BCUT2D eigenvalue weighted by Gasteiger charge is -2.38. The van der Waals surface area contributed by atoms with Crippen LogP contribution in [0.4, 0.5) is 0 Å². The first-order chi connectivity index (χ1) is 14.7. The lowest BCUT2D eigenvalue weighted by Crippen LogP contribution is -2.38. The fourth-order valence-corrected chi connectivity index (χ4v) is 6.91. The summed E-state index contributed by atoms with van der Waals surface area (Å²) in [7, 11) is 0. The maximum Gasteiger partial charge on any atom is 0.243 e.